The molecule has 0 atom stereocenters. The lowest BCUT2D eigenvalue weighted by Gasteiger charge is -2.05. The van der Waals surface area contributed by atoms with Crippen molar-refractivity contribution in [3.63, 3.8) is 0 Å². The van der Waals surface area contributed by atoms with E-state index in [0.29, 0.717) is 25.0 Å². The van der Waals surface area contributed by atoms with Crippen molar-refractivity contribution in [3.8, 4) is 0 Å². The molecule has 0 heterocycles. The van der Waals surface area contributed by atoms with Crippen LogP contribution in [0.1, 0.15) is 29.3 Å². The summed E-state index contributed by atoms with van der Waals surface area (Å²) in [6.45, 7) is 2.13. The van der Waals surface area contributed by atoms with Crippen LogP contribution in [0.2, 0.25) is 0 Å². The van der Waals surface area contributed by atoms with Crippen molar-refractivity contribution in [1.82, 2.24) is 0 Å². The highest BCUT2D eigenvalue weighted by atomic mass is 79.9. The summed E-state index contributed by atoms with van der Waals surface area (Å²) >= 11 is 3.37. The van der Waals surface area contributed by atoms with Crippen LogP contribution in [-0.4, -0.2) is 18.9 Å². The summed E-state index contributed by atoms with van der Waals surface area (Å²) < 4.78 is 5.72. The van der Waals surface area contributed by atoms with Crippen molar-refractivity contribution >= 4 is 28.2 Å². The molecule has 0 N–H and O–H groups in total. The molecule has 0 aliphatic carbocycles. The quantitative estimate of drug-likeness (QED) is 0.617. The van der Waals surface area contributed by atoms with Gasteiger partial charge in [0.1, 0.15) is 6.29 Å². The normalized spacial score (nSPS) is 9.88. The van der Waals surface area contributed by atoms with E-state index in [9.17, 15) is 9.59 Å². The van der Waals surface area contributed by atoms with E-state index in [4.69, 9.17) is 4.74 Å². The Bertz CT molecular complexity index is 388. The largest absolute Gasteiger partial charge is 0.462 e. The van der Waals surface area contributed by atoms with E-state index in [1.165, 1.54) is 0 Å². The van der Waals surface area contributed by atoms with Crippen LogP contribution < -0.4 is 0 Å². The van der Waals surface area contributed by atoms with Crippen molar-refractivity contribution in [2.75, 3.05) is 6.61 Å². The first-order valence-corrected chi connectivity index (χ1v) is 5.87. The fraction of sp³-hybridized carbons (Fsp3) is 0.333. The maximum Gasteiger partial charge on any atom is 0.338 e. The lowest BCUT2D eigenvalue weighted by atomic mass is 10.1. The highest BCUT2D eigenvalue weighted by Crippen LogP contribution is 2.20. The SMILES string of the molecule is CCOC(=O)c1ccc(CCC=O)c(Br)c1. The van der Waals surface area contributed by atoms with E-state index in [0.717, 1.165) is 16.3 Å². The topological polar surface area (TPSA) is 43.4 Å². The monoisotopic (exact) mass is 284 g/mol. The minimum absolute atomic E-state index is 0.329. The van der Waals surface area contributed by atoms with Gasteiger partial charge in [-0.1, -0.05) is 22.0 Å². The molecule has 1 aromatic carbocycles. The number of aldehydes is 1. The second-order valence-corrected chi connectivity index (χ2v) is 4.09. The molecular weight excluding hydrogens is 272 g/mol. The maximum absolute atomic E-state index is 11.4. The number of hydrogen-bond acceptors (Lipinski definition) is 3. The molecule has 0 spiro atoms. The Morgan fingerprint density at radius 1 is 1.50 bits per heavy atom. The molecule has 0 bridgehead atoms. The molecule has 1 aromatic rings. The third-order valence-corrected chi connectivity index (χ3v) is 2.83. The first-order chi connectivity index (χ1) is 7.69. The number of carbonyl (C=O) groups excluding carboxylic acids is 2. The van der Waals surface area contributed by atoms with Crippen molar-refractivity contribution < 1.29 is 14.3 Å². The molecule has 1 rings (SSSR count). The Morgan fingerprint density at radius 2 is 2.25 bits per heavy atom. The second kappa shape index (κ2) is 6.43. The third-order valence-electron chi connectivity index (χ3n) is 2.10. The average Bonchev–Trinajstić information content (AvgIpc) is 2.27. The molecule has 0 saturated carbocycles. The van der Waals surface area contributed by atoms with Gasteiger partial charge >= 0.3 is 5.97 Å². The van der Waals surface area contributed by atoms with Crippen molar-refractivity contribution in [2.24, 2.45) is 0 Å². The van der Waals surface area contributed by atoms with Crippen LogP contribution in [-0.2, 0) is 16.0 Å². The summed E-state index contributed by atoms with van der Waals surface area (Å²) in [5, 5.41) is 0. The summed E-state index contributed by atoms with van der Waals surface area (Å²) in [5.41, 5.74) is 1.53. The molecule has 0 unspecified atom stereocenters. The summed E-state index contributed by atoms with van der Waals surface area (Å²) in [6.07, 6.45) is 2.04. The van der Waals surface area contributed by atoms with E-state index in [2.05, 4.69) is 15.9 Å². The van der Waals surface area contributed by atoms with E-state index in [1.807, 2.05) is 6.07 Å². The van der Waals surface area contributed by atoms with Gasteiger partial charge in [-0.05, 0) is 31.0 Å². The van der Waals surface area contributed by atoms with Gasteiger partial charge in [-0.15, -0.1) is 0 Å². The van der Waals surface area contributed by atoms with Crippen LogP contribution in [0.4, 0.5) is 0 Å². The smallest absolute Gasteiger partial charge is 0.338 e. The number of carbonyl (C=O) groups is 2. The number of esters is 1. The Hall–Kier alpha value is -1.16. The highest BCUT2D eigenvalue weighted by molar-refractivity contribution is 9.10. The van der Waals surface area contributed by atoms with E-state index >= 15 is 0 Å². The molecule has 0 saturated heterocycles. The van der Waals surface area contributed by atoms with Crippen LogP contribution in [0.3, 0.4) is 0 Å². The summed E-state index contributed by atoms with van der Waals surface area (Å²) in [6, 6.07) is 5.26. The van der Waals surface area contributed by atoms with Gasteiger partial charge in [-0.3, -0.25) is 0 Å². The van der Waals surface area contributed by atoms with Gasteiger partial charge in [-0.25, -0.2) is 4.79 Å². The predicted molar refractivity (Wildman–Crippen MR) is 64.5 cm³/mol. The molecule has 86 valence electrons. The number of benzene rings is 1. The third kappa shape index (κ3) is 3.45. The molecule has 0 radical (unpaired) electrons. The first kappa shape index (κ1) is 12.9. The lowest BCUT2D eigenvalue weighted by molar-refractivity contribution is -0.107. The standard InChI is InChI=1S/C12H13BrO3/c1-2-16-12(15)10-6-5-9(4-3-7-14)11(13)8-10/h5-8H,2-4H2,1H3. The number of aryl methyl sites for hydroxylation is 1. The number of hydrogen-bond donors (Lipinski definition) is 0. The summed E-state index contributed by atoms with van der Waals surface area (Å²) in [5.74, 6) is -0.329. The maximum atomic E-state index is 11.4. The summed E-state index contributed by atoms with van der Waals surface area (Å²) in [4.78, 5) is 21.7. The van der Waals surface area contributed by atoms with Gasteiger partial charge in [0, 0.05) is 10.9 Å². The van der Waals surface area contributed by atoms with Gasteiger partial charge in [0.2, 0.25) is 0 Å². The van der Waals surface area contributed by atoms with Crippen molar-refractivity contribution in [1.29, 1.82) is 0 Å². The van der Waals surface area contributed by atoms with Crippen molar-refractivity contribution in [3.05, 3.63) is 33.8 Å². The minimum atomic E-state index is -0.329. The van der Waals surface area contributed by atoms with Gasteiger partial charge in [0.05, 0.1) is 12.2 Å². The first-order valence-electron chi connectivity index (χ1n) is 5.08. The zero-order valence-corrected chi connectivity index (χ0v) is 10.6. The fourth-order valence-electron chi connectivity index (χ4n) is 1.31. The second-order valence-electron chi connectivity index (χ2n) is 3.23. The molecule has 4 heteroatoms. The molecule has 16 heavy (non-hydrogen) atoms. The number of halogens is 1. The van der Waals surface area contributed by atoms with Crippen LogP contribution in [0.15, 0.2) is 22.7 Å². The minimum Gasteiger partial charge on any atom is -0.462 e. The van der Waals surface area contributed by atoms with Crippen molar-refractivity contribution in [2.45, 2.75) is 19.8 Å². The van der Waals surface area contributed by atoms with E-state index < -0.39 is 0 Å². The molecule has 0 amide bonds. The Morgan fingerprint density at radius 3 is 2.81 bits per heavy atom. The molecule has 0 aromatic heterocycles. The lowest BCUT2D eigenvalue weighted by Crippen LogP contribution is -2.05. The molecule has 3 nitrogen and oxygen atoms in total. The molecule has 0 aliphatic heterocycles. The van der Waals surface area contributed by atoms with Crippen LogP contribution in [0, 0.1) is 0 Å². The van der Waals surface area contributed by atoms with Crippen LogP contribution in [0.5, 0.6) is 0 Å². The molecular formula is C12H13BrO3. The fourth-order valence-corrected chi connectivity index (χ4v) is 1.88. The zero-order valence-electron chi connectivity index (χ0n) is 9.03. The Balaban J connectivity index is 2.81. The highest BCUT2D eigenvalue weighted by Gasteiger charge is 2.08. The number of ether oxygens (including phenoxy) is 1. The van der Waals surface area contributed by atoms with Gasteiger partial charge < -0.3 is 9.53 Å². The average molecular weight is 285 g/mol. The Kier molecular flexibility index (Phi) is 5.19. The van der Waals surface area contributed by atoms with E-state index in [-0.39, 0.29) is 5.97 Å². The van der Waals surface area contributed by atoms with E-state index in [1.54, 1.807) is 19.1 Å². The summed E-state index contributed by atoms with van der Waals surface area (Å²) in [7, 11) is 0. The van der Waals surface area contributed by atoms with Crippen LogP contribution in [0.25, 0.3) is 0 Å². The predicted octanol–water partition coefficient (Wildman–Crippen LogP) is 2.76. The molecule has 0 fully saturated rings. The van der Waals surface area contributed by atoms with Crippen LogP contribution >= 0.6 is 15.9 Å². The zero-order chi connectivity index (χ0) is 12.0. The van der Waals surface area contributed by atoms with Gasteiger partial charge in [0.15, 0.2) is 0 Å². The Labute approximate surface area is 103 Å². The molecule has 0 aliphatic rings. The van der Waals surface area contributed by atoms with Gasteiger partial charge in [-0.2, -0.15) is 0 Å². The van der Waals surface area contributed by atoms with Gasteiger partial charge in [0.25, 0.3) is 0 Å². The number of rotatable bonds is 5.